The van der Waals surface area contributed by atoms with Crippen molar-refractivity contribution in [2.75, 3.05) is 0 Å². The van der Waals surface area contributed by atoms with Crippen LogP contribution in [0.2, 0.25) is 0 Å². The fourth-order valence-corrected chi connectivity index (χ4v) is 4.14. The van der Waals surface area contributed by atoms with E-state index in [1.54, 1.807) is 0 Å². The van der Waals surface area contributed by atoms with Crippen LogP contribution in [0.5, 0.6) is 0 Å². The van der Waals surface area contributed by atoms with E-state index in [2.05, 4.69) is 19.1 Å². The molecule has 0 radical (unpaired) electrons. The molecule has 1 aromatic carbocycles. The fourth-order valence-electron chi connectivity index (χ4n) is 4.14. The molecule has 1 fully saturated rings. The molecular formula is C21H27NO2. The number of carbonyl (C=O) groups excluding carboxylic acids is 1. The number of benzene rings is 1. The van der Waals surface area contributed by atoms with Gasteiger partial charge in [0.15, 0.2) is 0 Å². The minimum Gasteiger partial charge on any atom is -0.459 e. The predicted octanol–water partition coefficient (Wildman–Crippen LogP) is 4.83. The molecule has 2 aliphatic rings. The third kappa shape index (κ3) is 3.98. The Hall–Kier alpha value is -1.82. The molecule has 1 atom stereocenters. The van der Waals surface area contributed by atoms with Crippen LogP contribution >= 0.6 is 0 Å². The summed E-state index contributed by atoms with van der Waals surface area (Å²) in [5.41, 5.74) is 3.42. The van der Waals surface area contributed by atoms with Gasteiger partial charge < -0.3 is 4.74 Å². The topological polar surface area (TPSA) is 50.1 Å². The molecule has 0 bridgehead atoms. The number of nitriles is 1. The Bertz CT molecular complexity index is 623. The van der Waals surface area contributed by atoms with Gasteiger partial charge in [-0.3, -0.25) is 0 Å². The number of fused-ring (bicyclic) bond motifs is 1. The summed E-state index contributed by atoms with van der Waals surface area (Å²) in [6.45, 7) is 2.25. The van der Waals surface area contributed by atoms with Crippen molar-refractivity contribution in [3.63, 3.8) is 0 Å². The van der Waals surface area contributed by atoms with Gasteiger partial charge in [0.2, 0.25) is 0 Å². The second kappa shape index (κ2) is 7.83. The number of carbonyl (C=O) groups is 1. The monoisotopic (exact) mass is 325 g/mol. The molecule has 3 nitrogen and oxygen atoms in total. The Kier molecular flexibility index (Phi) is 5.56. The summed E-state index contributed by atoms with van der Waals surface area (Å²) < 4.78 is 5.67. The fraction of sp³-hybridized carbons (Fsp3) is 0.619. The smallest absolute Gasteiger partial charge is 0.338 e. The van der Waals surface area contributed by atoms with E-state index in [0.717, 1.165) is 44.4 Å². The van der Waals surface area contributed by atoms with Crippen LogP contribution in [0.15, 0.2) is 18.2 Å². The van der Waals surface area contributed by atoms with E-state index in [9.17, 15) is 4.79 Å². The van der Waals surface area contributed by atoms with Crippen molar-refractivity contribution >= 4 is 5.97 Å². The van der Waals surface area contributed by atoms with Crippen LogP contribution in [0, 0.1) is 23.2 Å². The lowest BCUT2D eigenvalue weighted by atomic mass is 9.81. The lowest BCUT2D eigenvalue weighted by molar-refractivity contribution is 0.0187. The molecule has 1 saturated carbocycles. The predicted molar refractivity (Wildman–Crippen MR) is 93.6 cm³/mol. The van der Waals surface area contributed by atoms with Crippen molar-refractivity contribution in [2.24, 2.45) is 11.8 Å². The Labute approximate surface area is 145 Å². The van der Waals surface area contributed by atoms with E-state index in [1.165, 1.54) is 30.4 Å². The van der Waals surface area contributed by atoms with Crippen molar-refractivity contribution < 1.29 is 9.53 Å². The Morgan fingerprint density at radius 1 is 1.21 bits per heavy atom. The van der Waals surface area contributed by atoms with E-state index in [0.29, 0.717) is 5.56 Å². The number of ether oxygens (including phenoxy) is 1. The Balaban J connectivity index is 1.60. The normalized spacial score (nSPS) is 26.2. The first kappa shape index (κ1) is 17.0. The molecule has 0 N–H and O–H groups in total. The van der Waals surface area contributed by atoms with Crippen LogP contribution in [-0.2, 0) is 17.6 Å². The minimum absolute atomic E-state index is 0.0212. The minimum atomic E-state index is -0.200. The lowest BCUT2D eigenvalue weighted by Crippen LogP contribution is -2.24. The van der Waals surface area contributed by atoms with Crippen LogP contribution < -0.4 is 0 Å². The molecule has 3 rings (SSSR count). The first-order chi connectivity index (χ1) is 11.7. The number of esters is 1. The quantitative estimate of drug-likeness (QED) is 0.745. The molecule has 24 heavy (non-hydrogen) atoms. The molecule has 1 unspecified atom stereocenters. The summed E-state index contributed by atoms with van der Waals surface area (Å²) in [6, 6.07) is 8.41. The third-order valence-electron chi connectivity index (χ3n) is 5.60. The number of aryl methyl sites for hydroxylation is 1. The van der Waals surface area contributed by atoms with Crippen molar-refractivity contribution in [3.8, 4) is 6.07 Å². The zero-order valence-corrected chi connectivity index (χ0v) is 14.6. The summed E-state index contributed by atoms with van der Waals surface area (Å²) in [4.78, 5) is 12.4. The van der Waals surface area contributed by atoms with Crippen molar-refractivity contribution in [2.45, 2.75) is 70.8 Å². The highest BCUT2D eigenvalue weighted by molar-refractivity contribution is 5.89. The maximum absolute atomic E-state index is 12.4. The van der Waals surface area contributed by atoms with Gasteiger partial charge in [-0.05, 0) is 74.1 Å². The van der Waals surface area contributed by atoms with Gasteiger partial charge in [0.05, 0.1) is 11.6 Å². The van der Waals surface area contributed by atoms with Gasteiger partial charge in [-0.2, -0.15) is 5.26 Å². The molecule has 0 spiro atoms. The first-order valence-corrected chi connectivity index (χ1v) is 9.42. The number of hydrogen-bond donors (Lipinski definition) is 0. The first-order valence-electron chi connectivity index (χ1n) is 9.42. The number of rotatable bonds is 4. The third-order valence-corrected chi connectivity index (χ3v) is 5.60. The van der Waals surface area contributed by atoms with E-state index >= 15 is 0 Å². The van der Waals surface area contributed by atoms with Crippen LogP contribution in [-0.4, -0.2) is 12.1 Å². The average Bonchev–Trinajstić information content (AvgIpc) is 2.62. The molecule has 0 saturated heterocycles. The molecule has 128 valence electrons. The van der Waals surface area contributed by atoms with Crippen molar-refractivity contribution in [1.82, 2.24) is 0 Å². The van der Waals surface area contributed by atoms with Gasteiger partial charge >= 0.3 is 5.97 Å². The van der Waals surface area contributed by atoms with E-state index in [1.807, 2.05) is 12.1 Å². The summed E-state index contributed by atoms with van der Waals surface area (Å²) in [7, 11) is 0. The van der Waals surface area contributed by atoms with Crippen molar-refractivity contribution in [3.05, 3.63) is 34.9 Å². The standard InChI is InChI=1S/C21H27NO2/c1-2-3-15-4-7-18-13-19(9-8-17(18)12-15)21(23)24-20-10-5-16(14-22)6-11-20/h8-9,13,15-16,20H,2-7,10-12H2,1H3/t15?,16-,20-. The number of nitrogens with zero attached hydrogens (tertiary/aromatic N) is 1. The maximum Gasteiger partial charge on any atom is 0.338 e. The summed E-state index contributed by atoms with van der Waals surface area (Å²) in [5.74, 6) is 0.740. The Morgan fingerprint density at radius 3 is 2.71 bits per heavy atom. The Morgan fingerprint density at radius 2 is 2.00 bits per heavy atom. The molecule has 0 heterocycles. The summed E-state index contributed by atoms with van der Waals surface area (Å²) in [5, 5.41) is 8.94. The largest absolute Gasteiger partial charge is 0.459 e. The van der Waals surface area contributed by atoms with Crippen LogP contribution in [0.25, 0.3) is 0 Å². The average molecular weight is 325 g/mol. The van der Waals surface area contributed by atoms with E-state index < -0.39 is 0 Å². The van der Waals surface area contributed by atoms with Gasteiger partial charge in [0, 0.05) is 5.92 Å². The molecular weight excluding hydrogens is 298 g/mol. The van der Waals surface area contributed by atoms with Gasteiger partial charge in [0.25, 0.3) is 0 Å². The van der Waals surface area contributed by atoms with Crippen LogP contribution in [0.1, 0.15) is 73.4 Å². The van der Waals surface area contributed by atoms with Gasteiger partial charge in [-0.25, -0.2) is 4.79 Å². The van der Waals surface area contributed by atoms with Crippen LogP contribution in [0.4, 0.5) is 0 Å². The SMILES string of the molecule is CCCC1CCc2cc(C(=O)O[C@H]3CC[C@H](C#N)CC3)ccc2C1. The molecule has 3 heteroatoms. The zero-order valence-electron chi connectivity index (χ0n) is 14.6. The van der Waals surface area contributed by atoms with Crippen molar-refractivity contribution in [1.29, 1.82) is 5.26 Å². The highest BCUT2D eigenvalue weighted by atomic mass is 16.5. The van der Waals surface area contributed by atoms with Gasteiger partial charge in [-0.15, -0.1) is 0 Å². The van der Waals surface area contributed by atoms with Gasteiger partial charge in [0.1, 0.15) is 6.10 Å². The van der Waals surface area contributed by atoms with Gasteiger partial charge in [-0.1, -0.05) is 25.8 Å². The maximum atomic E-state index is 12.4. The zero-order chi connectivity index (χ0) is 16.9. The highest BCUT2D eigenvalue weighted by Gasteiger charge is 2.25. The second-order valence-corrected chi connectivity index (χ2v) is 7.39. The van der Waals surface area contributed by atoms with Crippen LogP contribution in [0.3, 0.4) is 0 Å². The lowest BCUT2D eigenvalue weighted by Gasteiger charge is -2.26. The molecule has 1 aromatic rings. The summed E-state index contributed by atoms with van der Waals surface area (Å²) >= 11 is 0. The number of hydrogen-bond acceptors (Lipinski definition) is 3. The van der Waals surface area contributed by atoms with E-state index in [-0.39, 0.29) is 18.0 Å². The molecule has 0 aliphatic heterocycles. The molecule has 0 aromatic heterocycles. The highest BCUT2D eigenvalue weighted by Crippen LogP contribution is 2.30. The molecule has 0 amide bonds. The molecule has 2 aliphatic carbocycles. The van der Waals surface area contributed by atoms with E-state index in [4.69, 9.17) is 10.00 Å². The summed E-state index contributed by atoms with van der Waals surface area (Å²) in [6.07, 6.45) is 9.30. The second-order valence-electron chi connectivity index (χ2n) is 7.39.